The van der Waals surface area contributed by atoms with E-state index in [1.807, 2.05) is 12.1 Å². The highest BCUT2D eigenvalue weighted by Gasteiger charge is 1.96. The van der Waals surface area contributed by atoms with E-state index in [0.717, 1.165) is 6.42 Å². The molecule has 4 heteroatoms. The standard InChI is InChI=1S/C9H13NO3/c11-9(12)5-1-4-8-13-10-6-2-3-7-10/h2-3,6-7H,1,4-5,8H2,(H,11,12). The molecule has 4 nitrogen and oxygen atoms in total. The molecule has 0 radical (unpaired) electrons. The fourth-order valence-corrected chi connectivity index (χ4v) is 0.953. The summed E-state index contributed by atoms with van der Waals surface area (Å²) in [4.78, 5) is 15.4. The summed E-state index contributed by atoms with van der Waals surface area (Å²) in [6.45, 7) is 0.557. The maximum atomic E-state index is 10.1. The molecule has 0 bridgehead atoms. The molecule has 0 aliphatic carbocycles. The monoisotopic (exact) mass is 183 g/mol. The van der Waals surface area contributed by atoms with Crippen LogP contribution >= 0.6 is 0 Å². The van der Waals surface area contributed by atoms with Gasteiger partial charge in [0.2, 0.25) is 0 Å². The van der Waals surface area contributed by atoms with Crippen LogP contribution in [0.15, 0.2) is 24.5 Å². The largest absolute Gasteiger partial charge is 0.481 e. The second-order valence-corrected chi connectivity index (χ2v) is 2.73. The first-order valence-corrected chi connectivity index (χ1v) is 4.27. The Kier molecular flexibility index (Phi) is 3.88. The molecule has 1 aromatic rings. The molecule has 1 N–H and O–H groups in total. The van der Waals surface area contributed by atoms with Gasteiger partial charge in [-0.2, -0.15) is 4.73 Å². The van der Waals surface area contributed by atoms with Gasteiger partial charge in [-0.3, -0.25) is 4.79 Å². The Balaban J connectivity index is 1.99. The van der Waals surface area contributed by atoms with Crippen molar-refractivity contribution in [3.63, 3.8) is 0 Å². The quantitative estimate of drug-likeness (QED) is 0.673. The van der Waals surface area contributed by atoms with Crippen molar-refractivity contribution in [1.82, 2.24) is 4.73 Å². The van der Waals surface area contributed by atoms with Crippen molar-refractivity contribution >= 4 is 5.97 Å². The second kappa shape index (κ2) is 5.24. The van der Waals surface area contributed by atoms with E-state index in [2.05, 4.69) is 0 Å². The van der Waals surface area contributed by atoms with Gasteiger partial charge in [-0.1, -0.05) is 0 Å². The Labute approximate surface area is 76.7 Å². The summed E-state index contributed by atoms with van der Waals surface area (Å²) in [6, 6.07) is 3.74. The van der Waals surface area contributed by atoms with Gasteiger partial charge < -0.3 is 9.94 Å². The average Bonchev–Trinajstić information content (AvgIpc) is 2.55. The molecule has 0 atom stereocenters. The number of hydrogen-bond acceptors (Lipinski definition) is 2. The first-order valence-electron chi connectivity index (χ1n) is 4.27. The van der Waals surface area contributed by atoms with E-state index in [0.29, 0.717) is 13.0 Å². The molecular formula is C9H13NO3. The number of nitrogens with zero attached hydrogens (tertiary/aromatic N) is 1. The number of hydrogen-bond donors (Lipinski definition) is 1. The van der Waals surface area contributed by atoms with Gasteiger partial charge in [-0.25, -0.2) is 0 Å². The summed E-state index contributed by atoms with van der Waals surface area (Å²) < 4.78 is 1.61. The fraction of sp³-hybridized carbons (Fsp3) is 0.444. The minimum atomic E-state index is -0.749. The zero-order valence-electron chi connectivity index (χ0n) is 7.35. The summed E-state index contributed by atoms with van der Waals surface area (Å²) in [6.07, 6.45) is 5.25. The van der Waals surface area contributed by atoms with Gasteiger partial charge in [0.15, 0.2) is 0 Å². The Hall–Kier alpha value is -1.45. The van der Waals surface area contributed by atoms with E-state index in [1.165, 1.54) is 0 Å². The van der Waals surface area contributed by atoms with Crippen LogP contribution in [0.5, 0.6) is 0 Å². The third-order valence-electron chi connectivity index (χ3n) is 1.60. The summed E-state index contributed by atoms with van der Waals surface area (Å²) in [5, 5.41) is 8.35. The topological polar surface area (TPSA) is 51.5 Å². The Morgan fingerprint density at radius 1 is 1.31 bits per heavy atom. The van der Waals surface area contributed by atoms with Crippen molar-refractivity contribution in [2.24, 2.45) is 0 Å². The molecule has 0 amide bonds. The predicted octanol–water partition coefficient (Wildman–Crippen LogP) is 1.17. The minimum Gasteiger partial charge on any atom is -0.481 e. The molecule has 0 spiro atoms. The van der Waals surface area contributed by atoms with Crippen molar-refractivity contribution < 1.29 is 14.7 Å². The van der Waals surface area contributed by atoms with Crippen LogP contribution in [0.2, 0.25) is 0 Å². The molecule has 1 rings (SSSR count). The zero-order valence-corrected chi connectivity index (χ0v) is 7.35. The highest BCUT2D eigenvalue weighted by Crippen LogP contribution is 1.95. The number of carboxylic acids is 1. The van der Waals surface area contributed by atoms with Gasteiger partial charge in [0, 0.05) is 18.8 Å². The van der Waals surface area contributed by atoms with E-state index >= 15 is 0 Å². The Bertz CT molecular complexity index is 243. The molecule has 0 aliphatic heterocycles. The molecule has 1 heterocycles. The second-order valence-electron chi connectivity index (χ2n) is 2.73. The van der Waals surface area contributed by atoms with Crippen molar-refractivity contribution in [2.75, 3.05) is 6.61 Å². The lowest BCUT2D eigenvalue weighted by molar-refractivity contribution is -0.137. The minimum absolute atomic E-state index is 0.217. The highest BCUT2D eigenvalue weighted by molar-refractivity contribution is 5.66. The van der Waals surface area contributed by atoms with Crippen LogP contribution in [0.25, 0.3) is 0 Å². The molecule has 13 heavy (non-hydrogen) atoms. The predicted molar refractivity (Wildman–Crippen MR) is 47.4 cm³/mol. The van der Waals surface area contributed by atoms with Gasteiger partial charge in [0.05, 0.1) is 0 Å². The van der Waals surface area contributed by atoms with Crippen LogP contribution in [-0.4, -0.2) is 22.4 Å². The lowest BCUT2D eigenvalue weighted by Gasteiger charge is -2.04. The molecule has 0 unspecified atom stereocenters. The molecule has 0 aromatic carbocycles. The number of carboxylic acid groups (broad SMARTS) is 1. The van der Waals surface area contributed by atoms with E-state index in [-0.39, 0.29) is 6.42 Å². The van der Waals surface area contributed by atoms with Gasteiger partial charge >= 0.3 is 5.97 Å². The number of unbranched alkanes of at least 4 members (excludes halogenated alkanes) is 1. The SMILES string of the molecule is O=C(O)CCCCOn1cccc1. The Morgan fingerprint density at radius 3 is 2.62 bits per heavy atom. The molecule has 0 fully saturated rings. The molecule has 0 aliphatic rings. The third kappa shape index (κ3) is 4.20. The van der Waals surface area contributed by atoms with Gasteiger partial charge in [0.25, 0.3) is 0 Å². The van der Waals surface area contributed by atoms with Gasteiger partial charge in [-0.05, 0) is 25.0 Å². The van der Waals surface area contributed by atoms with Crippen LogP contribution in [-0.2, 0) is 4.79 Å². The van der Waals surface area contributed by atoms with Crippen LogP contribution in [0.1, 0.15) is 19.3 Å². The summed E-state index contributed by atoms with van der Waals surface area (Å²) in [5.41, 5.74) is 0. The van der Waals surface area contributed by atoms with E-state index in [1.54, 1.807) is 17.1 Å². The number of aliphatic carboxylic acids is 1. The summed E-state index contributed by atoms with van der Waals surface area (Å²) >= 11 is 0. The smallest absolute Gasteiger partial charge is 0.303 e. The zero-order chi connectivity index (χ0) is 9.52. The van der Waals surface area contributed by atoms with Crippen LogP contribution in [0.3, 0.4) is 0 Å². The third-order valence-corrected chi connectivity index (χ3v) is 1.60. The van der Waals surface area contributed by atoms with Gasteiger partial charge in [-0.15, -0.1) is 0 Å². The maximum Gasteiger partial charge on any atom is 0.303 e. The average molecular weight is 183 g/mol. The van der Waals surface area contributed by atoms with E-state index < -0.39 is 5.97 Å². The number of carbonyl (C=O) groups is 1. The van der Waals surface area contributed by atoms with Gasteiger partial charge in [0.1, 0.15) is 6.61 Å². The maximum absolute atomic E-state index is 10.1. The van der Waals surface area contributed by atoms with Crippen molar-refractivity contribution in [2.45, 2.75) is 19.3 Å². The van der Waals surface area contributed by atoms with Crippen LogP contribution in [0.4, 0.5) is 0 Å². The van der Waals surface area contributed by atoms with Crippen LogP contribution in [0, 0.1) is 0 Å². The number of aromatic nitrogens is 1. The summed E-state index contributed by atoms with van der Waals surface area (Å²) in [5.74, 6) is -0.749. The molecule has 72 valence electrons. The molecule has 0 saturated carbocycles. The lowest BCUT2D eigenvalue weighted by Crippen LogP contribution is -2.10. The lowest BCUT2D eigenvalue weighted by atomic mass is 10.2. The van der Waals surface area contributed by atoms with Crippen molar-refractivity contribution in [3.8, 4) is 0 Å². The summed E-state index contributed by atoms with van der Waals surface area (Å²) in [7, 11) is 0. The normalized spacial score (nSPS) is 9.85. The first kappa shape index (κ1) is 9.64. The fourth-order valence-electron chi connectivity index (χ4n) is 0.953. The highest BCUT2D eigenvalue weighted by atomic mass is 16.7. The first-order chi connectivity index (χ1) is 6.29. The number of rotatable bonds is 6. The van der Waals surface area contributed by atoms with Crippen molar-refractivity contribution in [3.05, 3.63) is 24.5 Å². The van der Waals surface area contributed by atoms with E-state index in [4.69, 9.17) is 9.94 Å². The van der Waals surface area contributed by atoms with Crippen molar-refractivity contribution in [1.29, 1.82) is 0 Å². The van der Waals surface area contributed by atoms with E-state index in [9.17, 15) is 4.79 Å². The van der Waals surface area contributed by atoms with Crippen LogP contribution < -0.4 is 4.84 Å². The molecule has 0 saturated heterocycles. The molecular weight excluding hydrogens is 170 g/mol. The molecule has 1 aromatic heterocycles. The Morgan fingerprint density at radius 2 is 2.00 bits per heavy atom.